The van der Waals surface area contributed by atoms with Crippen molar-refractivity contribution in [2.24, 2.45) is 5.92 Å². The van der Waals surface area contributed by atoms with E-state index < -0.39 is 21.9 Å². The lowest BCUT2D eigenvalue weighted by Gasteiger charge is -2.36. The molecule has 144 valence electrons. The van der Waals surface area contributed by atoms with Crippen molar-refractivity contribution in [3.8, 4) is 0 Å². The zero-order chi connectivity index (χ0) is 19.8. The van der Waals surface area contributed by atoms with Crippen LogP contribution in [-0.2, 0) is 23.9 Å². The molecule has 0 aromatic heterocycles. The van der Waals surface area contributed by atoms with Crippen LogP contribution in [0.1, 0.15) is 48.0 Å². The molecule has 0 spiro atoms. The number of rotatable bonds is 9. The van der Waals surface area contributed by atoms with Gasteiger partial charge in [0.15, 0.2) is 0 Å². The minimum atomic E-state index is -0.921. The highest BCUT2D eigenvalue weighted by Gasteiger charge is 2.41. The number of hydrogen-bond donors (Lipinski definition) is 1. The van der Waals surface area contributed by atoms with Gasteiger partial charge in [0.05, 0.1) is 7.11 Å². The standard InChI is InChI=1S/C17H30N2O5S/c1-8-19(9-2)16(23)14(18-15(22)11(3)4)17(5,6)25-13(21)10-12(20)24-7/h11,14H,8-10H2,1-7H3,(H,18,22). The number of hydrogen-bond acceptors (Lipinski definition) is 6. The number of likely N-dealkylation sites (N-methyl/N-ethyl adjacent to an activating group) is 1. The molecule has 0 bridgehead atoms. The smallest absolute Gasteiger partial charge is 0.313 e. The summed E-state index contributed by atoms with van der Waals surface area (Å²) in [6.45, 7) is 11.6. The molecule has 0 aliphatic heterocycles. The number of thioether (sulfide) groups is 1. The van der Waals surface area contributed by atoms with Gasteiger partial charge in [0, 0.05) is 23.8 Å². The molecular weight excluding hydrogens is 344 g/mol. The van der Waals surface area contributed by atoms with E-state index in [0.29, 0.717) is 13.1 Å². The van der Waals surface area contributed by atoms with Gasteiger partial charge >= 0.3 is 5.97 Å². The molecule has 8 heteroatoms. The first-order valence-corrected chi connectivity index (χ1v) is 9.19. The van der Waals surface area contributed by atoms with Crippen molar-refractivity contribution in [3.05, 3.63) is 0 Å². The molecular formula is C17H30N2O5S. The number of esters is 1. The van der Waals surface area contributed by atoms with Crippen LogP contribution >= 0.6 is 11.8 Å². The lowest BCUT2D eigenvalue weighted by atomic mass is 10.0. The van der Waals surface area contributed by atoms with Crippen molar-refractivity contribution in [3.63, 3.8) is 0 Å². The Hall–Kier alpha value is -1.57. The maximum Gasteiger partial charge on any atom is 0.313 e. The van der Waals surface area contributed by atoms with Crippen LogP contribution in [0.25, 0.3) is 0 Å². The summed E-state index contributed by atoms with van der Waals surface area (Å²) >= 11 is 0.872. The molecule has 0 saturated carbocycles. The van der Waals surface area contributed by atoms with Crippen LogP contribution in [-0.4, -0.2) is 58.8 Å². The summed E-state index contributed by atoms with van der Waals surface area (Å²) < 4.78 is 3.57. The maximum absolute atomic E-state index is 12.9. The molecule has 1 atom stereocenters. The molecule has 25 heavy (non-hydrogen) atoms. The van der Waals surface area contributed by atoms with Crippen molar-refractivity contribution in [2.75, 3.05) is 20.2 Å². The summed E-state index contributed by atoms with van der Waals surface area (Å²) in [6, 6.07) is -0.881. The zero-order valence-electron chi connectivity index (χ0n) is 16.2. The highest BCUT2D eigenvalue weighted by atomic mass is 32.2. The third-order valence-corrected chi connectivity index (χ3v) is 4.86. The summed E-state index contributed by atoms with van der Waals surface area (Å²) in [6.07, 6.45) is -0.380. The van der Waals surface area contributed by atoms with Crippen molar-refractivity contribution in [1.29, 1.82) is 0 Å². The first-order chi connectivity index (χ1) is 11.5. The number of ether oxygens (including phenoxy) is 1. The number of amides is 2. The fourth-order valence-corrected chi connectivity index (χ4v) is 3.19. The van der Waals surface area contributed by atoms with Crippen molar-refractivity contribution in [1.82, 2.24) is 10.2 Å². The second-order valence-electron chi connectivity index (χ2n) is 6.44. The molecule has 0 aliphatic rings. The first-order valence-electron chi connectivity index (χ1n) is 8.37. The van der Waals surface area contributed by atoms with Crippen LogP contribution < -0.4 is 5.32 Å². The van der Waals surface area contributed by atoms with Crippen LogP contribution in [0.4, 0.5) is 0 Å². The largest absolute Gasteiger partial charge is 0.469 e. The first kappa shape index (κ1) is 23.4. The van der Waals surface area contributed by atoms with E-state index in [4.69, 9.17) is 0 Å². The Morgan fingerprint density at radius 2 is 1.64 bits per heavy atom. The summed E-state index contributed by atoms with van der Waals surface area (Å²) in [5.74, 6) is -1.44. The van der Waals surface area contributed by atoms with E-state index >= 15 is 0 Å². The molecule has 7 nitrogen and oxygen atoms in total. The van der Waals surface area contributed by atoms with Crippen molar-refractivity contribution < 1.29 is 23.9 Å². The lowest BCUT2D eigenvalue weighted by Crippen LogP contribution is -2.58. The Morgan fingerprint density at radius 3 is 2.04 bits per heavy atom. The topological polar surface area (TPSA) is 92.8 Å². The summed E-state index contributed by atoms with van der Waals surface area (Å²) in [5.41, 5.74) is 0. The minimum Gasteiger partial charge on any atom is -0.469 e. The van der Waals surface area contributed by atoms with E-state index in [-0.39, 0.29) is 24.2 Å². The molecule has 0 aromatic carbocycles. The van der Waals surface area contributed by atoms with Gasteiger partial charge in [-0.05, 0) is 27.7 Å². The lowest BCUT2D eigenvalue weighted by molar-refractivity contribution is -0.142. The van der Waals surface area contributed by atoms with E-state index in [1.54, 1.807) is 32.6 Å². The normalized spacial score (nSPS) is 12.5. The number of carbonyl (C=O) groups excluding carboxylic acids is 4. The van der Waals surface area contributed by atoms with Gasteiger partial charge in [-0.2, -0.15) is 0 Å². The monoisotopic (exact) mass is 374 g/mol. The molecule has 0 fully saturated rings. The highest BCUT2D eigenvalue weighted by molar-refractivity contribution is 8.14. The second kappa shape index (κ2) is 10.4. The van der Waals surface area contributed by atoms with Crippen LogP contribution in [0, 0.1) is 5.92 Å². The Morgan fingerprint density at radius 1 is 1.12 bits per heavy atom. The van der Waals surface area contributed by atoms with Gasteiger partial charge in [0.1, 0.15) is 12.5 Å². The minimum absolute atomic E-state index is 0.248. The number of carbonyl (C=O) groups is 4. The molecule has 1 N–H and O–H groups in total. The molecule has 0 heterocycles. The fourth-order valence-electron chi connectivity index (χ4n) is 2.14. The number of methoxy groups -OCH3 is 1. The predicted molar refractivity (Wildman–Crippen MR) is 98.0 cm³/mol. The molecule has 1 unspecified atom stereocenters. The zero-order valence-corrected chi connectivity index (χ0v) is 17.0. The average molecular weight is 375 g/mol. The molecule has 0 radical (unpaired) electrons. The Kier molecular flexibility index (Phi) is 9.77. The van der Waals surface area contributed by atoms with Crippen LogP contribution in [0.15, 0.2) is 0 Å². The molecule has 0 rings (SSSR count). The summed E-state index contributed by atoms with van der Waals surface area (Å²) in [4.78, 5) is 50.0. The Labute approximate surface area is 154 Å². The van der Waals surface area contributed by atoms with E-state index in [2.05, 4.69) is 10.1 Å². The van der Waals surface area contributed by atoms with E-state index in [0.717, 1.165) is 11.8 Å². The van der Waals surface area contributed by atoms with Crippen LogP contribution in [0.2, 0.25) is 0 Å². The summed E-state index contributed by atoms with van der Waals surface area (Å²) in [5, 5.41) is 2.35. The number of nitrogens with zero attached hydrogens (tertiary/aromatic N) is 1. The highest BCUT2D eigenvalue weighted by Crippen LogP contribution is 2.31. The van der Waals surface area contributed by atoms with Crippen LogP contribution in [0.3, 0.4) is 0 Å². The van der Waals surface area contributed by atoms with Gasteiger partial charge < -0.3 is 15.0 Å². The number of nitrogens with one attached hydrogen (secondary N) is 1. The van der Waals surface area contributed by atoms with Crippen molar-refractivity contribution >= 4 is 34.7 Å². The van der Waals surface area contributed by atoms with Gasteiger partial charge in [0.2, 0.25) is 16.9 Å². The molecule has 0 saturated heterocycles. The predicted octanol–water partition coefficient (Wildman–Crippen LogP) is 1.60. The van der Waals surface area contributed by atoms with Gasteiger partial charge in [-0.15, -0.1) is 0 Å². The molecule has 0 aromatic rings. The SMILES string of the molecule is CCN(CC)C(=O)C(NC(=O)C(C)C)C(C)(C)SC(=O)CC(=O)OC. The van der Waals surface area contributed by atoms with Crippen molar-refractivity contribution in [2.45, 2.75) is 58.8 Å². The van der Waals surface area contributed by atoms with E-state index in [1.807, 2.05) is 13.8 Å². The molecule has 0 aliphatic carbocycles. The molecule has 2 amide bonds. The van der Waals surface area contributed by atoms with E-state index in [1.165, 1.54) is 7.11 Å². The van der Waals surface area contributed by atoms with Gasteiger partial charge in [-0.1, -0.05) is 25.6 Å². The van der Waals surface area contributed by atoms with E-state index in [9.17, 15) is 19.2 Å². The van der Waals surface area contributed by atoms with Gasteiger partial charge in [-0.3, -0.25) is 19.2 Å². The average Bonchev–Trinajstić information content (AvgIpc) is 2.51. The quantitative estimate of drug-likeness (QED) is 0.487. The van der Waals surface area contributed by atoms with Crippen LogP contribution in [0.5, 0.6) is 0 Å². The Bertz CT molecular complexity index is 501. The fraction of sp³-hybridized carbons (Fsp3) is 0.765. The van der Waals surface area contributed by atoms with Gasteiger partial charge in [-0.25, -0.2) is 0 Å². The third kappa shape index (κ3) is 7.46. The maximum atomic E-state index is 12.9. The third-order valence-electron chi connectivity index (χ3n) is 3.72. The van der Waals surface area contributed by atoms with Gasteiger partial charge in [0.25, 0.3) is 0 Å². The Balaban J connectivity index is 5.46. The second-order valence-corrected chi connectivity index (χ2v) is 8.15. The summed E-state index contributed by atoms with van der Waals surface area (Å²) in [7, 11) is 1.21.